The van der Waals surface area contributed by atoms with Crippen LogP contribution in [0.5, 0.6) is 5.75 Å². The summed E-state index contributed by atoms with van der Waals surface area (Å²) in [4.78, 5) is 45.5. The van der Waals surface area contributed by atoms with Crippen molar-refractivity contribution in [1.82, 2.24) is 24.9 Å². The maximum atomic E-state index is 13.7. The maximum Gasteiger partial charge on any atom is 0.407 e. The number of carbonyl (C=O) groups is 3. The minimum atomic E-state index is -1.12. The van der Waals surface area contributed by atoms with Gasteiger partial charge in [-0.05, 0) is 61.9 Å². The number of anilines is 1. The fourth-order valence-electron chi connectivity index (χ4n) is 6.56. The monoisotopic (exact) mass is 600 g/mol. The SMILES string of the molecule is CC(C)(Oc1cccc(N2CCCC(C(=O)N3CCc4cc(-c5cn[nH]c5)ccc4C3)C2)c1)C(=O)N1CCN(C(=O)O)CC1. The molecule has 0 radical (unpaired) electrons. The molecule has 1 atom stereocenters. The average Bonchev–Trinajstić information content (AvgIpc) is 3.59. The van der Waals surface area contributed by atoms with Crippen molar-refractivity contribution in [2.75, 3.05) is 50.7 Å². The third kappa shape index (κ3) is 6.22. The normalized spacial score (nSPS) is 19.0. The summed E-state index contributed by atoms with van der Waals surface area (Å²) in [6.45, 7) is 7.60. The van der Waals surface area contributed by atoms with Crippen molar-refractivity contribution in [2.24, 2.45) is 5.92 Å². The smallest absolute Gasteiger partial charge is 0.407 e. The number of ether oxygens (including phenoxy) is 1. The van der Waals surface area contributed by atoms with E-state index in [2.05, 4.69) is 33.3 Å². The van der Waals surface area contributed by atoms with Crippen molar-refractivity contribution in [3.05, 3.63) is 66.0 Å². The lowest BCUT2D eigenvalue weighted by Gasteiger charge is -2.38. The molecule has 3 aliphatic heterocycles. The molecule has 0 bridgehead atoms. The molecular weight excluding hydrogens is 560 g/mol. The van der Waals surface area contributed by atoms with Crippen molar-refractivity contribution < 1.29 is 24.2 Å². The summed E-state index contributed by atoms with van der Waals surface area (Å²) in [5.41, 5.74) is 4.55. The van der Waals surface area contributed by atoms with E-state index in [1.165, 1.54) is 16.0 Å². The number of carbonyl (C=O) groups excluding carboxylic acids is 2. The first-order valence-electron chi connectivity index (χ1n) is 15.4. The van der Waals surface area contributed by atoms with Crippen molar-refractivity contribution in [2.45, 2.75) is 45.3 Å². The van der Waals surface area contributed by atoms with E-state index in [-0.39, 0.29) is 17.7 Å². The average molecular weight is 601 g/mol. The number of fused-ring (bicyclic) bond motifs is 1. The van der Waals surface area contributed by atoms with Gasteiger partial charge in [0.05, 0.1) is 12.1 Å². The molecule has 11 nitrogen and oxygen atoms in total. The van der Waals surface area contributed by atoms with Crippen LogP contribution in [0, 0.1) is 5.92 Å². The zero-order valence-electron chi connectivity index (χ0n) is 25.4. The molecule has 0 saturated carbocycles. The summed E-state index contributed by atoms with van der Waals surface area (Å²) < 4.78 is 6.23. The van der Waals surface area contributed by atoms with Crippen LogP contribution in [0.4, 0.5) is 10.5 Å². The van der Waals surface area contributed by atoms with Crippen LogP contribution in [-0.4, -0.2) is 99.3 Å². The van der Waals surface area contributed by atoms with Gasteiger partial charge in [0.2, 0.25) is 5.91 Å². The zero-order chi connectivity index (χ0) is 30.8. The highest BCUT2D eigenvalue weighted by molar-refractivity contribution is 5.85. The van der Waals surface area contributed by atoms with E-state index < -0.39 is 11.7 Å². The van der Waals surface area contributed by atoms with Crippen molar-refractivity contribution in [3.8, 4) is 16.9 Å². The Bertz CT molecular complexity index is 1510. The molecule has 1 aromatic heterocycles. The Labute approximate surface area is 257 Å². The molecule has 2 aromatic carbocycles. The third-order valence-electron chi connectivity index (χ3n) is 9.04. The molecule has 44 heavy (non-hydrogen) atoms. The molecule has 2 fully saturated rings. The number of nitrogens with one attached hydrogen (secondary N) is 1. The fraction of sp³-hybridized carbons (Fsp3) is 0.455. The van der Waals surface area contributed by atoms with Crippen LogP contribution in [0.25, 0.3) is 11.1 Å². The first kappa shape index (κ1) is 29.5. The van der Waals surface area contributed by atoms with Crippen molar-refractivity contribution in [3.63, 3.8) is 0 Å². The predicted octanol–water partition coefficient (Wildman–Crippen LogP) is 3.86. The number of carboxylic acid groups (broad SMARTS) is 1. The van der Waals surface area contributed by atoms with Gasteiger partial charge in [0.25, 0.3) is 5.91 Å². The van der Waals surface area contributed by atoms with Crippen LogP contribution in [-0.2, 0) is 22.6 Å². The molecule has 11 heteroatoms. The summed E-state index contributed by atoms with van der Waals surface area (Å²) >= 11 is 0. The van der Waals surface area contributed by atoms with Gasteiger partial charge < -0.3 is 29.4 Å². The predicted molar refractivity (Wildman–Crippen MR) is 165 cm³/mol. The van der Waals surface area contributed by atoms with Crippen LogP contribution >= 0.6 is 0 Å². The third-order valence-corrected chi connectivity index (χ3v) is 9.04. The number of rotatable bonds is 6. The highest BCUT2D eigenvalue weighted by Gasteiger charge is 2.37. The van der Waals surface area contributed by atoms with Crippen LogP contribution < -0.4 is 9.64 Å². The van der Waals surface area contributed by atoms with Gasteiger partial charge in [-0.15, -0.1) is 0 Å². The Morgan fingerprint density at radius 3 is 2.48 bits per heavy atom. The number of amides is 3. The van der Waals surface area contributed by atoms with Gasteiger partial charge >= 0.3 is 6.09 Å². The number of H-pyrrole nitrogens is 1. The molecule has 4 heterocycles. The first-order chi connectivity index (χ1) is 21.2. The highest BCUT2D eigenvalue weighted by atomic mass is 16.5. The Kier molecular flexibility index (Phi) is 8.20. The Hall–Kier alpha value is -4.54. The number of benzene rings is 2. The Morgan fingerprint density at radius 2 is 1.73 bits per heavy atom. The lowest BCUT2D eigenvalue weighted by atomic mass is 9.92. The minimum absolute atomic E-state index is 0.0810. The number of aromatic nitrogens is 2. The second-order valence-corrected chi connectivity index (χ2v) is 12.4. The van der Waals surface area contributed by atoms with Crippen molar-refractivity contribution in [1.29, 1.82) is 0 Å². The molecule has 2 saturated heterocycles. The number of hydrogen-bond acceptors (Lipinski definition) is 6. The van der Waals surface area contributed by atoms with Gasteiger partial charge in [-0.25, -0.2) is 4.79 Å². The molecule has 2 N–H and O–H groups in total. The molecule has 3 aromatic rings. The fourth-order valence-corrected chi connectivity index (χ4v) is 6.56. The van der Waals surface area contributed by atoms with E-state index in [0.29, 0.717) is 45.0 Å². The van der Waals surface area contributed by atoms with Crippen molar-refractivity contribution >= 4 is 23.6 Å². The summed E-state index contributed by atoms with van der Waals surface area (Å²) in [5.74, 6) is 0.544. The topological polar surface area (TPSA) is 122 Å². The van der Waals surface area contributed by atoms with Crippen LogP contribution in [0.1, 0.15) is 37.8 Å². The van der Waals surface area contributed by atoms with E-state index >= 15 is 0 Å². The number of nitrogens with zero attached hydrogens (tertiary/aromatic N) is 5. The summed E-state index contributed by atoms with van der Waals surface area (Å²) in [5, 5.41) is 16.1. The summed E-state index contributed by atoms with van der Waals surface area (Å²) in [6, 6.07) is 14.2. The van der Waals surface area contributed by atoms with Crippen LogP contribution in [0.3, 0.4) is 0 Å². The van der Waals surface area contributed by atoms with Crippen LogP contribution in [0.2, 0.25) is 0 Å². The molecule has 3 aliphatic rings. The second kappa shape index (κ2) is 12.2. The lowest BCUT2D eigenvalue weighted by molar-refractivity contribution is -0.147. The van der Waals surface area contributed by atoms with Gasteiger partial charge in [0.1, 0.15) is 5.75 Å². The molecule has 1 unspecified atom stereocenters. The molecule has 0 aliphatic carbocycles. The van der Waals surface area contributed by atoms with E-state index in [9.17, 15) is 19.5 Å². The number of hydrogen-bond donors (Lipinski definition) is 2. The highest BCUT2D eigenvalue weighted by Crippen LogP contribution is 2.31. The number of aromatic amines is 1. The molecule has 0 spiro atoms. The van der Waals surface area contributed by atoms with Gasteiger partial charge in [0.15, 0.2) is 5.60 Å². The van der Waals surface area contributed by atoms with Gasteiger partial charge in [-0.2, -0.15) is 5.10 Å². The number of piperazine rings is 1. The van der Waals surface area contributed by atoms with Gasteiger partial charge in [-0.3, -0.25) is 14.7 Å². The quantitative estimate of drug-likeness (QED) is 0.441. The Morgan fingerprint density at radius 1 is 0.932 bits per heavy atom. The standard InChI is InChI=1S/C33H40N6O5/c1-33(2,31(41)36-13-15-37(16-14-36)32(42)43)44-29-7-3-6-28(18-29)38-11-4-5-26(22-38)30(40)39-12-10-24-17-23(8-9-25(24)21-39)27-19-34-35-20-27/h3,6-9,17-20,26H,4-5,10-16,21-22H2,1-2H3,(H,34,35)(H,42,43). The van der Waals surface area contributed by atoms with E-state index in [1.54, 1.807) is 18.7 Å². The summed E-state index contributed by atoms with van der Waals surface area (Å²) in [7, 11) is 0. The maximum absolute atomic E-state index is 13.7. The van der Waals surface area contributed by atoms with Gasteiger partial charge in [-0.1, -0.05) is 24.3 Å². The molecule has 232 valence electrons. The summed E-state index contributed by atoms with van der Waals surface area (Å²) in [6.07, 6.45) is 5.38. The molecule has 3 amide bonds. The largest absolute Gasteiger partial charge is 0.478 e. The zero-order valence-corrected chi connectivity index (χ0v) is 25.4. The lowest BCUT2D eigenvalue weighted by Crippen LogP contribution is -2.56. The first-order valence-corrected chi connectivity index (χ1v) is 15.4. The molecule has 6 rings (SSSR count). The minimum Gasteiger partial charge on any atom is -0.478 e. The van der Waals surface area contributed by atoms with E-state index in [4.69, 9.17) is 4.74 Å². The molecular formula is C33H40N6O5. The number of piperidine rings is 1. The second-order valence-electron chi connectivity index (χ2n) is 12.4. The Balaban J connectivity index is 1.07. The van der Waals surface area contributed by atoms with E-state index in [0.717, 1.165) is 49.2 Å². The van der Waals surface area contributed by atoms with E-state index in [1.807, 2.05) is 41.6 Å². The van der Waals surface area contributed by atoms with Gasteiger partial charge in [0, 0.05) is 75.9 Å². The van der Waals surface area contributed by atoms with Crippen LogP contribution in [0.15, 0.2) is 54.9 Å².